The van der Waals surface area contributed by atoms with Crippen LogP contribution in [0, 0.1) is 0 Å². The zero-order valence-corrected chi connectivity index (χ0v) is 25.2. The molecule has 0 spiro atoms. The number of hydrogen-bond acceptors (Lipinski definition) is 10. The first kappa shape index (κ1) is 28.7. The van der Waals surface area contributed by atoms with E-state index in [0.29, 0.717) is 66.2 Å². The summed E-state index contributed by atoms with van der Waals surface area (Å²) >= 11 is 0. The Labute approximate surface area is 259 Å². The van der Waals surface area contributed by atoms with E-state index in [2.05, 4.69) is 43.4 Å². The van der Waals surface area contributed by atoms with Crippen LogP contribution in [0.3, 0.4) is 0 Å². The first-order chi connectivity index (χ1) is 21.8. The summed E-state index contributed by atoms with van der Waals surface area (Å²) < 4.78 is 7.28. The van der Waals surface area contributed by atoms with Crippen molar-refractivity contribution in [3.8, 4) is 11.3 Å². The van der Waals surface area contributed by atoms with Crippen LogP contribution in [0.5, 0.6) is 0 Å². The third-order valence-electron chi connectivity index (χ3n) is 8.84. The van der Waals surface area contributed by atoms with Gasteiger partial charge >= 0.3 is 0 Å². The molecule has 5 aromatic rings. The van der Waals surface area contributed by atoms with E-state index in [1.807, 2.05) is 34.7 Å². The Bertz CT molecular complexity index is 1910. The number of amides is 2. The molecule has 13 nitrogen and oxygen atoms in total. The number of nitrogens with two attached hydrogens (primary N) is 2. The Kier molecular flexibility index (Phi) is 7.53. The topological polar surface area (TPSA) is 174 Å². The summed E-state index contributed by atoms with van der Waals surface area (Å²) in [6.45, 7) is 5.70. The number of carbonyl (C=O) groups excluding carboxylic acids is 2. The zero-order chi connectivity index (χ0) is 31.1. The van der Waals surface area contributed by atoms with Crippen LogP contribution in [-0.4, -0.2) is 78.6 Å². The quantitative estimate of drug-likeness (QED) is 0.249. The van der Waals surface area contributed by atoms with Crippen molar-refractivity contribution in [2.45, 2.75) is 51.7 Å². The number of rotatable bonds is 7. The summed E-state index contributed by atoms with van der Waals surface area (Å²) in [6.07, 6.45) is 4.50. The fourth-order valence-corrected chi connectivity index (χ4v) is 6.38. The van der Waals surface area contributed by atoms with Gasteiger partial charge in [0.05, 0.1) is 18.5 Å². The third kappa shape index (κ3) is 5.78. The van der Waals surface area contributed by atoms with Crippen LogP contribution in [0.1, 0.15) is 42.9 Å². The highest BCUT2D eigenvalue weighted by molar-refractivity contribution is 5.99. The third-order valence-corrected chi connectivity index (χ3v) is 8.84. The maximum Gasteiger partial charge on any atom is 0.292 e. The molecule has 0 atom stereocenters. The fourth-order valence-electron chi connectivity index (χ4n) is 6.38. The molecule has 0 aliphatic carbocycles. The Balaban J connectivity index is 1.04. The van der Waals surface area contributed by atoms with Crippen molar-refractivity contribution in [2.75, 3.05) is 37.6 Å². The van der Waals surface area contributed by atoms with Crippen LogP contribution in [0.4, 0.5) is 11.8 Å². The molecule has 3 aromatic heterocycles. The maximum absolute atomic E-state index is 13.2. The molecule has 0 unspecified atom stereocenters. The number of aromatic nitrogens is 5. The second-order valence-corrected chi connectivity index (χ2v) is 11.8. The number of nitrogen functional groups attached to an aromatic ring is 2. The number of carbonyl (C=O) groups is 2. The van der Waals surface area contributed by atoms with E-state index in [4.69, 9.17) is 21.0 Å². The zero-order valence-electron chi connectivity index (χ0n) is 25.2. The molecule has 2 aliphatic heterocycles. The van der Waals surface area contributed by atoms with Crippen LogP contribution in [-0.2, 0) is 29.1 Å². The van der Waals surface area contributed by atoms with Gasteiger partial charge in [0, 0.05) is 44.2 Å². The minimum Gasteiger partial charge on any atom is -0.424 e. The lowest BCUT2D eigenvalue weighted by atomic mass is 9.97. The van der Waals surface area contributed by atoms with E-state index >= 15 is 0 Å². The molecule has 2 aromatic carbocycles. The SMILES string of the molecule is CCC(=O)NC1CCN(CC(=O)N2CCc3cc(Cn4nc(-c5ccc6oc(N)nc6c5)c5c(N)ncnc54)ccc3C2)CC1. The van der Waals surface area contributed by atoms with Crippen LogP contribution >= 0.6 is 0 Å². The molecule has 1 saturated heterocycles. The first-order valence-electron chi connectivity index (χ1n) is 15.4. The fraction of sp³-hybridized carbons (Fsp3) is 0.375. The van der Waals surface area contributed by atoms with E-state index in [1.54, 1.807) is 0 Å². The summed E-state index contributed by atoms with van der Waals surface area (Å²) in [5.41, 5.74) is 18.9. The molecule has 2 amide bonds. The van der Waals surface area contributed by atoms with Gasteiger partial charge in [-0.3, -0.25) is 14.5 Å². The summed E-state index contributed by atoms with van der Waals surface area (Å²) in [4.78, 5) is 42.1. The van der Waals surface area contributed by atoms with Gasteiger partial charge in [0.1, 0.15) is 23.4 Å². The Morgan fingerprint density at radius 1 is 1.04 bits per heavy atom. The van der Waals surface area contributed by atoms with Crippen molar-refractivity contribution in [2.24, 2.45) is 0 Å². The van der Waals surface area contributed by atoms with E-state index < -0.39 is 0 Å². The van der Waals surface area contributed by atoms with Crippen LogP contribution in [0.25, 0.3) is 33.4 Å². The average molecular weight is 609 g/mol. The molecule has 2 aliphatic rings. The van der Waals surface area contributed by atoms with Crippen LogP contribution < -0.4 is 16.8 Å². The van der Waals surface area contributed by atoms with Gasteiger partial charge in [-0.2, -0.15) is 10.1 Å². The van der Waals surface area contributed by atoms with Gasteiger partial charge < -0.3 is 26.1 Å². The van der Waals surface area contributed by atoms with Gasteiger partial charge in [-0.1, -0.05) is 25.1 Å². The van der Waals surface area contributed by atoms with Crippen LogP contribution in [0.2, 0.25) is 0 Å². The summed E-state index contributed by atoms with van der Waals surface area (Å²) in [5, 5.41) is 8.67. The van der Waals surface area contributed by atoms with Crippen molar-refractivity contribution in [1.29, 1.82) is 0 Å². The lowest BCUT2D eigenvalue weighted by Crippen LogP contribution is -2.48. The predicted octanol–water partition coefficient (Wildman–Crippen LogP) is 2.72. The van der Waals surface area contributed by atoms with E-state index in [9.17, 15) is 9.59 Å². The number of hydrogen-bond donors (Lipinski definition) is 3. The molecule has 5 heterocycles. The molecule has 13 heteroatoms. The summed E-state index contributed by atoms with van der Waals surface area (Å²) in [5.74, 6) is 0.595. The summed E-state index contributed by atoms with van der Waals surface area (Å²) in [7, 11) is 0. The first-order valence-corrected chi connectivity index (χ1v) is 15.4. The number of nitrogens with zero attached hydrogens (tertiary/aromatic N) is 7. The highest BCUT2D eigenvalue weighted by Gasteiger charge is 2.26. The highest BCUT2D eigenvalue weighted by Crippen LogP contribution is 2.33. The molecular weight excluding hydrogens is 572 g/mol. The molecular formula is C32H36N10O3. The van der Waals surface area contributed by atoms with Gasteiger partial charge in [0.15, 0.2) is 11.2 Å². The van der Waals surface area contributed by atoms with Crippen molar-refractivity contribution < 1.29 is 14.0 Å². The molecule has 5 N–H and O–H groups in total. The largest absolute Gasteiger partial charge is 0.424 e. The second-order valence-electron chi connectivity index (χ2n) is 11.8. The minimum atomic E-state index is 0.0914. The number of oxazole rings is 1. The molecule has 1 fully saturated rings. The summed E-state index contributed by atoms with van der Waals surface area (Å²) in [6, 6.07) is 12.3. The number of benzene rings is 2. The van der Waals surface area contributed by atoms with Gasteiger partial charge in [-0.15, -0.1) is 0 Å². The van der Waals surface area contributed by atoms with Gasteiger partial charge in [-0.25, -0.2) is 14.6 Å². The molecule has 0 bridgehead atoms. The average Bonchev–Trinajstić information content (AvgIpc) is 3.61. The van der Waals surface area contributed by atoms with Gasteiger partial charge in [0.25, 0.3) is 6.01 Å². The normalized spacial score (nSPS) is 15.9. The number of anilines is 2. The lowest BCUT2D eigenvalue weighted by molar-refractivity contribution is -0.134. The van der Waals surface area contributed by atoms with Crippen molar-refractivity contribution >= 4 is 45.8 Å². The van der Waals surface area contributed by atoms with E-state index in [-0.39, 0.29) is 23.9 Å². The molecule has 0 radical (unpaired) electrons. The smallest absolute Gasteiger partial charge is 0.292 e. The molecule has 7 rings (SSSR count). The minimum absolute atomic E-state index is 0.0914. The van der Waals surface area contributed by atoms with Crippen molar-refractivity contribution in [1.82, 2.24) is 39.8 Å². The number of fused-ring (bicyclic) bond motifs is 3. The highest BCUT2D eigenvalue weighted by atomic mass is 16.4. The molecule has 0 saturated carbocycles. The van der Waals surface area contributed by atoms with Gasteiger partial charge in [0.2, 0.25) is 11.8 Å². The Morgan fingerprint density at radius 2 is 1.89 bits per heavy atom. The maximum atomic E-state index is 13.2. The van der Waals surface area contributed by atoms with Crippen molar-refractivity contribution in [3.63, 3.8) is 0 Å². The Hall–Kier alpha value is -5.04. The predicted molar refractivity (Wildman–Crippen MR) is 170 cm³/mol. The number of piperidine rings is 1. The van der Waals surface area contributed by atoms with Crippen molar-refractivity contribution in [3.05, 3.63) is 59.4 Å². The lowest BCUT2D eigenvalue weighted by Gasteiger charge is -2.35. The van der Waals surface area contributed by atoms with E-state index in [1.165, 1.54) is 11.9 Å². The standard InChI is InChI=1S/C32H36N10O3/c1-2-26(43)37-23-8-10-40(11-9-23)17-27(44)41-12-7-20-13-19(3-4-22(20)16-41)15-42-31-28(30(33)35-18-36-31)29(39-42)21-5-6-25-24(14-21)38-32(34)45-25/h3-6,13-14,18,23H,2,7-12,15-17H2,1H3,(H2,34,38)(H,37,43)(H2,33,35,36). The Morgan fingerprint density at radius 3 is 2.71 bits per heavy atom. The monoisotopic (exact) mass is 608 g/mol. The van der Waals surface area contributed by atoms with E-state index in [0.717, 1.165) is 49.0 Å². The number of likely N-dealkylation sites (tertiary alicyclic amines) is 1. The molecule has 45 heavy (non-hydrogen) atoms. The van der Waals surface area contributed by atoms with Gasteiger partial charge in [-0.05, 0) is 54.2 Å². The molecule has 232 valence electrons. The second kappa shape index (κ2) is 11.8. The number of nitrogens with one attached hydrogen (secondary N) is 1. The van der Waals surface area contributed by atoms with Crippen LogP contribution in [0.15, 0.2) is 47.1 Å².